The largest absolute Gasteiger partial charge is 0.507 e. The Labute approximate surface area is 194 Å². The minimum Gasteiger partial charge on any atom is -0.507 e. The molecule has 0 heterocycles. The van der Waals surface area contributed by atoms with Gasteiger partial charge in [0.15, 0.2) is 0 Å². The number of hydrogen-bond acceptors (Lipinski definition) is 4. The Balaban J connectivity index is 1.70. The Bertz CT molecular complexity index is 854. The maximum absolute atomic E-state index is 10.1. The Morgan fingerprint density at radius 1 is 0.625 bits per heavy atom. The maximum Gasteiger partial charge on any atom is 0.124 e. The highest BCUT2D eigenvalue weighted by Gasteiger charge is 2.15. The van der Waals surface area contributed by atoms with Crippen LogP contribution in [0, 0.1) is 0 Å². The van der Waals surface area contributed by atoms with Gasteiger partial charge in [-0.25, -0.2) is 0 Å². The standard InChI is InChI=1S/C28H40N2O2/c1-27(2,3)23-11-13-25(31)21(17-23)19-29-15-9-7-8-10-16-30-20-22-18-24(28(4,5)6)12-14-26(22)32/h11-14,17-20,31-32H,7-10,15-16H2,1-6H3. The fourth-order valence-corrected chi connectivity index (χ4v) is 3.33. The summed E-state index contributed by atoms with van der Waals surface area (Å²) in [5, 5.41) is 20.1. The van der Waals surface area contributed by atoms with Gasteiger partial charge in [0.1, 0.15) is 11.5 Å². The summed E-state index contributed by atoms with van der Waals surface area (Å²) in [5.41, 5.74) is 4.04. The number of aliphatic imine (C=N–C) groups is 2. The van der Waals surface area contributed by atoms with Crippen molar-refractivity contribution in [2.24, 2.45) is 9.98 Å². The average Bonchev–Trinajstić information content (AvgIpc) is 2.70. The number of unbranched alkanes of at least 4 members (excludes halogenated alkanes) is 3. The van der Waals surface area contributed by atoms with E-state index in [0.29, 0.717) is 0 Å². The molecular formula is C28H40N2O2. The highest BCUT2D eigenvalue weighted by atomic mass is 16.3. The van der Waals surface area contributed by atoms with Crippen LogP contribution in [0.4, 0.5) is 0 Å². The first-order chi connectivity index (χ1) is 15.0. The quantitative estimate of drug-likeness (QED) is 0.336. The number of phenols is 2. The first-order valence-electron chi connectivity index (χ1n) is 11.6. The molecule has 2 aromatic rings. The van der Waals surface area contributed by atoms with Gasteiger partial charge in [0.05, 0.1) is 0 Å². The van der Waals surface area contributed by atoms with E-state index in [2.05, 4.69) is 51.5 Å². The maximum atomic E-state index is 10.1. The van der Waals surface area contributed by atoms with Crippen molar-refractivity contribution in [3.05, 3.63) is 58.7 Å². The Kier molecular flexibility index (Phi) is 9.06. The number of benzene rings is 2. The van der Waals surface area contributed by atoms with Crippen LogP contribution < -0.4 is 0 Å². The third-order valence-electron chi connectivity index (χ3n) is 5.57. The molecule has 0 radical (unpaired) electrons. The molecule has 4 nitrogen and oxygen atoms in total. The van der Waals surface area contributed by atoms with Crippen molar-refractivity contribution in [2.75, 3.05) is 13.1 Å². The molecule has 2 aromatic carbocycles. The second-order valence-corrected chi connectivity index (χ2v) is 10.5. The first kappa shape index (κ1) is 25.6. The molecule has 0 saturated carbocycles. The van der Waals surface area contributed by atoms with Crippen LogP contribution in [0.1, 0.15) is 89.5 Å². The fraction of sp³-hybridized carbons (Fsp3) is 0.500. The summed E-state index contributed by atoms with van der Waals surface area (Å²) in [5.74, 6) is 0.553. The van der Waals surface area contributed by atoms with Crippen LogP contribution in [-0.2, 0) is 10.8 Å². The van der Waals surface area contributed by atoms with Crippen molar-refractivity contribution in [1.82, 2.24) is 0 Å². The van der Waals surface area contributed by atoms with E-state index >= 15 is 0 Å². The van der Waals surface area contributed by atoms with Crippen LogP contribution in [0.25, 0.3) is 0 Å². The third kappa shape index (κ3) is 8.14. The van der Waals surface area contributed by atoms with E-state index < -0.39 is 0 Å². The van der Waals surface area contributed by atoms with Gasteiger partial charge in [-0.2, -0.15) is 0 Å². The van der Waals surface area contributed by atoms with Gasteiger partial charge in [0.25, 0.3) is 0 Å². The van der Waals surface area contributed by atoms with Crippen LogP contribution in [-0.4, -0.2) is 35.7 Å². The predicted molar refractivity (Wildman–Crippen MR) is 137 cm³/mol. The van der Waals surface area contributed by atoms with Crippen LogP contribution >= 0.6 is 0 Å². The molecule has 2 N–H and O–H groups in total. The minimum absolute atomic E-state index is 0.0485. The minimum atomic E-state index is 0.0485. The SMILES string of the molecule is CC(C)(C)c1ccc(O)c(C=NCCCCCCN=Cc2cc(C(C)(C)C)ccc2O)c1. The van der Waals surface area contributed by atoms with E-state index in [-0.39, 0.29) is 22.3 Å². The van der Waals surface area contributed by atoms with E-state index in [4.69, 9.17) is 0 Å². The predicted octanol–water partition coefficient (Wildman–Crippen LogP) is 6.79. The number of hydrogen-bond donors (Lipinski definition) is 2. The highest BCUT2D eigenvalue weighted by molar-refractivity contribution is 5.84. The lowest BCUT2D eigenvalue weighted by atomic mass is 9.86. The van der Waals surface area contributed by atoms with Gasteiger partial charge in [-0.15, -0.1) is 0 Å². The van der Waals surface area contributed by atoms with Crippen molar-refractivity contribution >= 4 is 12.4 Å². The summed E-state index contributed by atoms with van der Waals surface area (Å²) in [6, 6.07) is 11.5. The number of rotatable bonds is 9. The summed E-state index contributed by atoms with van der Waals surface area (Å²) in [4.78, 5) is 8.99. The van der Waals surface area contributed by atoms with Gasteiger partial charge in [-0.3, -0.25) is 9.98 Å². The number of aromatic hydroxyl groups is 2. The zero-order valence-corrected chi connectivity index (χ0v) is 20.7. The second-order valence-electron chi connectivity index (χ2n) is 10.5. The zero-order valence-electron chi connectivity index (χ0n) is 20.7. The molecule has 0 unspecified atom stereocenters. The van der Waals surface area contributed by atoms with Gasteiger partial charge in [0.2, 0.25) is 0 Å². The number of nitrogens with zero attached hydrogens (tertiary/aromatic N) is 2. The summed E-state index contributed by atoms with van der Waals surface area (Å²) < 4.78 is 0. The van der Waals surface area contributed by atoms with Gasteiger partial charge >= 0.3 is 0 Å². The van der Waals surface area contributed by atoms with E-state index in [0.717, 1.165) is 49.9 Å². The summed E-state index contributed by atoms with van der Waals surface area (Å²) in [6.45, 7) is 14.5. The van der Waals surface area contributed by atoms with Crippen molar-refractivity contribution in [2.45, 2.75) is 78.1 Å². The van der Waals surface area contributed by atoms with E-state index in [1.54, 1.807) is 24.6 Å². The van der Waals surface area contributed by atoms with Crippen molar-refractivity contribution in [3.63, 3.8) is 0 Å². The molecule has 0 amide bonds. The molecule has 0 aliphatic carbocycles. The Morgan fingerprint density at radius 3 is 1.34 bits per heavy atom. The fourth-order valence-electron chi connectivity index (χ4n) is 3.33. The molecular weight excluding hydrogens is 396 g/mol. The average molecular weight is 437 g/mol. The molecule has 0 saturated heterocycles. The van der Waals surface area contributed by atoms with Crippen LogP contribution in [0.3, 0.4) is 0 Å². The molecule has 32 heavy (non-hydrogen) atoms. The number of phenolic OH excluding ortho intramolecular Hbond substituents is 2. The summed E-state index contributed by atoms with van der Waals surface area (Å²) >= 11 is 0. The van der Waals surface area contributed by atoms with Crippen LogP contribution in [0.5, 0.6) is 11.5 Å². The van der Waals surface area contributed by atoms with Crippen molar-refractivity contribution < 1.29 is 10.2 Å². The van der Waals surface area contributed by atoms with Crippen LogP contribution in [0.2, 0.25) is 0 Å². The van der Waals surface area contributed by atoms with Crippen molar-refractivity contribution in [3.8, 4) is 11.5 Å². The smallest absolute Gasteiger partial charge is 0.124 e. The van der Waals surface area contributed by atoms with E-state index in [1.165, 1.54) is 11.1 Å². The summed E-state index contributed by atoms with van der Waals surface area (Å²) in [6.07, 6.45) is 7.82. The molecule has 2 rings (SSSR count). The molecule has 0 bridgehead atoms. The van der Waals surface area contributed by atoms with Gasteiger partial charge in [-0.05, 0) is 59.1 Å². The first-order valence-corrected chi connectivity index (χ1v) is 11.6. The molecule has 0 fully saturated rings. The Hall–Kier alpha value is -2.62. The lowest BCUT2D eigenvalue weighted by Crippen LogP contribution is -2.11. The lowest BCUT2D eigenvalue weighted by molar-refractivity contribution is 0.472. The molecule has 174 valence electrons. The second kappa shape index (κ2) is 11.3. The third-order valence-corrected chi connectivity index (χ3v) is 5.57. The topological polar surface area (TPSA) is 65.2 Å². The molecule has 0 atom stereocenters. The highest BCUT2D eigenvalue weighted by Crippen LogP contribution is 2.27. The molecule has 0 spiro atoms. The van der Waals surface area contributed by atoms with Crippen molar-refractivity contribution in [1.29, 1.82) is 0 Å². The summed E-state index contributed by atoms with van der Waals surface area (Å²) in [7, 11) is 0. The Morgan fingerprint density at radius 2 is 1.00 bits per heavy atom. The normalized spacial score (nSPS) is 12.8. The van der Waals surface area contributed by atoms with Gasteiger partial charge < -0.3 is 10.2 Å². The molecule has 0 aliphatic rings. The molecule has 0 aliphatic heterocycles. The van der Waals surface area contributed by atoms with Crippen LogP contribution in [0.15, 0.2) is 46.4 Å². The lowest BCUT2D eigenvalue weighted by Gasteiger charge is -2.19. The van der Waals surface area contributed by atoms with E-state index in [1.807, 2.05) is 24.3 Å². The van der Waals surface area contributed by atoms with Gasteiger partial charge in [-0.1, -0.05) is 66.5 Å². The zero-order chi connectivity index (χ0) is 23.8. The van der Waals surface area contributed by atoms with E-state index in [9.17, 15) is 10.2 Å². The van der Waals surface area contributed by atoms with Gasteiger partial charge in [0, 0.05) is 36.6 Å². The monoisotopic (exact) mass is 436 g/mol. The molecule has 4 heteroatoms. The molecule has 0 aromatic heterocycles.